The zero-order chi connectivity index (χ0) is 17.5. The van der Waals surface area contributed by atoms with Crippen molar-refractivity contribution < 1.29 is 4.79 Å². The van der Waals surface area contributed by atoms with Crippen molar-refractivity contribution >= 4 is 5.78 Å². The van der Waals surface area contributed by atoms with E-state index >= 15 is 0 Å². The summed E-state index contributed by atoms with van der Waals surface area (Å²) in [6, 6.07) is 22.2. The fourth-order valence-electron chi connectivity index (χ4n) is 3.59. The smallest absolute Gasteiger partial charge is 0.168 e. The molecule has 0 bridgehead atoms. The molecule has 0 saturated carbocycles. The van der Waals surface area contributed by atoms with E-state index in [0.29, 0.717) is 12.5 Å². The largest absolute Gasteiger partial charge is 0.296 e. The van der Waals surface area contributed by atoms with Crippen LogP contribution in [-0.4, -0.2) is 30.3 Å². The van der Waals surface area contributed by atoms with Crippen molar-refractivity contribution in [2.45, 2.75) is 25.2 Å². The zero-order valence-corrected chi connectivity index (χ0v) is 14.5. The van der Waals surface area contributed by atoms with E-state index in [4.69, 9.17) is 0 Å². The van der Waals surface area contributed by atoms with Gasteiger partial charge in [-0.3, -0.25) is 9.69 Å². The number of rotatable bonds is 6. The minimum Gasteiger partial charge on any atom is -0.296 e. The number of hydrogen-bond acceptors (Lipinski definition) is 3. The molecule has 1 heterocycles. The van der Waals surface area contributed by atoms with E-state index < -0.39 is 5.92 Å². The molecular formula is C22H24N2O. The Kier molecular flexibility index (Phi) is 5.98. The van der Waals surface area contributed by atoms with Crippen molar-refractivity contribution in [1.29, 1.82) is 5.26 Å². The third-order valence-corrected chi connectivity index (χ3v) is 5.04. The molecule has 0 aromatic heterocycles. The maximum absolute atomic E-state index is 12.6. The van der Waals surface area contributed by atoms with Crippen LogP contribution in [0, 0.1) is 17.2 Å². The number of Topliss-reactive ketones (excluding diaryl/α,β-unsaturated/α-hetero) is 1. The second kappa shape index (κ2) is 8.60. The predicted molar refractivity (Wildman–Crippen MR) is 99.1 cm³/mol. The average Bonchev–Trinajstić information content (AvgIpc) is 2.66. The fourth-order valence-corrected chi connectivity index (χ4v) is 3.59. The van der Waals surface area contributed by atoms with Crippen LogP contribution in [0.25, 0.3) is 0 Å². The molecule has 128 valence electrons. The number of ketones is 1. The highest BCUT2D eigenvalue weighted by atomic mass is 16.1. The van der Waals surface area contributed by atoms with Gasteiger partial charge in [0.1, 0.15) is 5.92 Å². The van der Waals surface area contributed by atoms with Gasteiger partial charge in [-0.15, -0.1) is 0 Å². The second-order valence-corrected chi connectivity index (χ2v) is 6.85. The molecule has 0 amide bonds. The highest BCUT2D eigenvalue weighted by Gasteiger charge is 2.25. The summed E-state index contributed by atoms with van der Waals surface area (Å²) in [5.74, 6) is 0.0492. The molecule has 0 unspecified atom stereocenters. The normalized spacial score (nSPS) is 16.9. The third kappa shape index (κ3) is 4.78. The number of carbonyl (C=O) groups excluding carboxylic acids is 1. The van der Waals surface area contributed by atoms with Crippen LogP contribution >= 0.6 is 0 Å². The monoisotopic (exact) mass is 332 g/mol. The molecule has 3 rings (SSSR count). The molecule has 0 radical (unpaired) electrons. The molecule has 1 aliphatic rings. The quantitative estimate of drug-likeness (QED) is 0.808. The Labute approximate surface area is 149 Å². The van der Waals surface area contributed by atoms with Gasteiger partial charge in [0.2, 0.25) is 0 Å². The lowest BCUT2D eigenvalue weighted by molar-refractivity contribution is -0.120. The maximum atomic E-state index is 12.6. The van der Waals surface area contributed by atoms with E-state index in [-0.39, 0.29) is 5.78 Å². The van der Waals surface area contributed by atoms with E-state index in [1.165, 1.54) is 5.56 Å². The van der Waals surface area contributed by atoms with E-state index in [9.17, 15) is 10.1 Å². The van der Waals surface area contributed by atoms with Crippen molar-refractivity contribution in [2.75, 3.05) is 19.6 Å². The number of benzene rings is 2. The summed E-state index contributed by atoms with van der Waals surface area (Å²) in [7, 11) is 0. The van der Waals surface area contributed by atoms with Gasteiger partial charge in [0.25, 0.3) is 0 Å². The summed E-state index contributed by atoms with van der Waals surface area (Å²) in [6.07, 6.45) is 3.35. The Hall–Kier alpha value is -2.44. The van der Waals surface area contributed by atoms with Gasteiger partial charge in [-0.2, -0.15) is 5.26 Å². The van der Waals surface area contributed by atoms with Crippen LogP contribution in [0.15, 0.2) is 60.7 Å². The first-order valence-corrected chi connectivity index (χ1v) is 9.00. The number of carbonyl (C=O) groups is 1. The Morgan fingerprint density at radius 3 is 2.24 bits per heavy atom. The minimum absolute atomic E-state index is 0.00945. The molecule has 2 aromatic carbocycles. The summed E-state index contributed by atoms with van der Waals surface area (Å²) < 4.78 is 0. The molecule has 0 spiro atoms. The van der Waals surface area contributed by atoms with Crippen LogP contribution in [0.3, 0.4) is 0 Å². The molecular weight excluding hydrogens is 308 g/mol. The molecule has 1 atom stereocenters. The van der Waals surface area contributed by atoms with Gasteiger partial charge in [0.05, 0.1) is 12.6 Å². The molecule has 3 heteroatoms. The third-order valence-electron chi connectivity index (χ3n) is 5.04. The maximum Gasteiger partial charge on any atom is 0.168 e. The SMILES string of the molecule is N#C[C@@H](C(=O)CN1CCC(Cc2ccccc2)CC1)c1ccccc1. The summed E-state index contributed by atoms with van der Waals surface area (Å²) in [6.45, 7) is 2.26. The summed E-state index contributed by atoms with van der Waals surface area (Å²) >= 11 is 0. The molecule has 0 aliphatic carbocycles. The van der Waals surface area contributed by atoms with E-state index in [2.05, 4.69) is 41.3 Å². The van der Waals surface area contributed by atoms with Crippen LogP contribution < -0.4 is 0 Å². The van der Waals surface area contributed by atoms with E-state index in [1.807, 2.05) is 30.3 Å². The Morgan fingerprint density at radius 1 is 1.04 bits per heavy atom. The lowest BCUT2D eigenvalue weighted by atomic mass is 9.89. The van der Waals surface area contributed by atoms with Gasteiger partial charge in [-0.25, -0.2) is 0 Å². The first-order chi connectivity index (χ1) is 12.3. The summed E-state index contributed by atoms with van der Waals surface area (Å²) in [5, 5.41) is 9.40. The van der Waals surface area contributed by atoms with Crippen LogP contribution in [-0.2, 0) is 11.2 Å². The lowest BCUT2D eigenvalue weighted by Crippen LogP contribution is -2.39. The van der Waals surface area contributed by atoms with Crippen LogP contribution in [0.2, 0.25) is 0 Å². The zero-order valence-electron chi connectivity index (χ0n) is 14.5. The topological polar surface area (TPSA) is 44.1 Å². The Morgan fingerprint density at radius 2 is 1.64 bits per heavy atom. The number of likely N-dealkylation sites (tertiary alicyclic amines) is 1. The van der Waals surface area contributed by atoms with Crippen molar-refractivity contribution in [1.82, 2.24) is 4.90 Å². The lowest BCUT2D eigenvalue weighted by Gasteiger charge is -2.32. The number of hydrogen-bond donors (Lipinski definition) is 0. The molecule has 2 aromatic rings. The van der Waals surface area contributed by atoms with Crippen LogP contribution in [0.4, 0.5) is 0 Å². The first-order valence-electron chi connectivity index (χ1n) is 9.00. The fraction of sp³-hybridized carbons (Fsp3) is 0.364. The minimum atomic E-state index is -0.650. The summed E-state index contributed by atoms with van der Waals surface area (Å²) in [5.41, 5.74) is 2.19. The molecule has 0 N–H and O–H groups in total. The van der Waals surface area contributed by atoms with Crippen LogP contribution in [0.1, 0.15) is 29.9 Å². The standard InChI is InChI=1S/C22H24N2O/c23-16-21(20-9-5-2-6-10-20)22(25)17-24-13-11-19(12-14-24)15-18-7-3-1-4-8-18/h1-10,19,21H,11-15,17H2/t21-/m1/s1. The Balaban J connectivity index is 1.50. The van der Waals surface area contributed by atoms with Gasteiger partial charge in [0, 0.05) is 0 Å². The van der Waals surface area contributed by atoms with Gasteiger partial charge < -0.3 is 0 Å². The highest BCUT2D eigenvalue weighted by molar-refractivity contribution is 5.90. The van der Waals surface area contributed by atoms with Gasteiger partial charge in [0.15, 0.2) is 5.78 Å². The van der Waals surface area contributed by atoms with E-state index in [0.717, 1.165) is 37.9 Å². The number of piperidine rings is 1. The molecule has 25 heavy (non-hydrogen) atoms. The summed E-state index contributed by atoms with van der Waals surface area (Å²) in [4.78, 5) is 14.8. The number of nitriles is 1. The highest BCUT2D eigenvalue weighted by Crippen LogP contribution is 2.23. The predicted octanol–water partition coefficient (Wildman–Crippen LogP) is 3.82. The van der Waals surface area contributed by atoms with Gasteiger partial charge >= 0.3 is 0 Å². The van der Waals surface area contributed by atoms with E-state index in [1.54, 1.807) is 0 Å². The first kappa shape index (κ1) is 17.4. The van der Waals surface area contributed by atoms with Crippen molar-refractivity contribution in [3.05, 3.63) is 71.8 Å². The molecule has 3 nitrogen and oxygen atoms in total. The van der Waals surface area contributed by atoms with Gasteiger partial charge in [-0.1, -0.05) is 60.7 Å². The van der Waals surface area contributed by atoms with Crippen molar-refractivity contribution in [2.24, 2.45) is 5.92 Å². The Bertz CT molecular complexity index is 713. The molecule has 1 saturated heterocycles. The molecule has 1 aliphatic heterocycles. The molecule has 1 fully saturated rings. The van der Waals surface area contributed by atoms with Crippen molar-refractivity contribution in [3.63, 3.8) is 0 Å². The van der Waals surface area contributed by atoms with Gasteiger partial charge in [-0.05, 0) is 49.4 Å². The van der Waals surface area contributed by atoms with Crippen LogP contribution in [0.5, 0.6) is 0 Å². The average molecular weight is 332 g/mol. The second-order valence-electron chi connectivity index (χ2n) is 6.85. The van der Waals surface area contributed by atoms with Crippen molar-refractivity contribution in [3.8, 4) is 6.07 Å². The number of nitrogens with zero attached hydrogens (tertiary/aromatic N) is 2.